The van der Waals surface area contributed by atoms with Gasteiger partial charge in [0.2, 0.25) is 26.6 Å². The van der Waals surface area contributed by atoms with Crippen LogP contribution in [0.5, 0.6) is 0 Å². The molecule has 0 radical (unpaired) electrons. The first-order valence-corrected chi connectivity index (χ1v) is 12.1. The van der Waals surface area contributed by atoms with Crippen molar-refractivity contribution in [1.29, 1.82) is 0 Å². The third-order valence-corrected chi connectivity index (χ3v) is 7.42. The van der Waals surface area contributed by atoms with E-state index in [1.54, 1.807) is 24.3 Å². The summed E-state index contributed by atoms with van der Waals surface area (Å²) in [6.07, 6.45) is 4.31. The van der Waals surface area contributed by atoms with E-state index in [1.165, 1.54) is 0 Å². The van der Waals surface area contributed by atoms with E-state index >= 15 is 0 Å². The maximum atomic E-state index is 13.5. The average Bonchev–Trinajstić information content (AvgIpc) is 2.98. The lowest BCUT2D eigenvalue weighted by molar-refractivity contribution is 0.543. The lowest BCUT2D eigenvalue weighted by Crippen LogP contribution is -2.25. The molecule has 5 nitrogen and oxygen atoms in total. The first-order chi connectivity index (χ1) is 14.0. The molecule has 0 amide bonds. The van der Waals surface area contributed by atoms with E-state index in [2.05, 4.69) is 20.9 Å². The van der Waals surface area contributed by atoms with Gasteiger partial charge in [0.15, 0.2) is 0 Å². The summed E-state index contributed by atoms with van der Waals surface area (Å²) in [6.45, 7) is 3.50. The van der Waals surface area contributed by atoms with E-state index in [0.29, 0.717) is 11.8 Å². The molecule has 0 saturated carbocycles. The van der Waals surface area contributed by atoms with Crippen LogP contribution in [0.2, 0.25) is 0 Å². The first-order valence-electron chi connectivity index (χ1n) is 9.79. The molecule has 0 spiro atoms. The standard InChI is InChI=1S/C22H23BrN2O3S/c1-16-8-4-5-9-19(16)20-24-21(22(28-20)25-14-6-2-3-7-15-25)29(26,27)18-12-10-17(23)11-13-18/h4-5,8-13H,2-3,6-7,14-15H2,1H3. The van der Waals surface area contributed by atoms with Crippen LogP contribution in [0.3, 0.4) is 0 Å². The quantitative estimate of drug-likeness (QED) is 0.490. The molecule has 1 aliphatic rings. The molecule has 1 saturated heterocycles. The highest BCUT2D eigenvalue weighted by molar-refractivity contribution is 9.10. The van der Waals surface area contributed by atoms with Gasteiger partial charge >= 0.3 is 0 Å². The molecule has 1 aromatic heterocycles. The Kier molecular flexibility index (Phi) is 5.79. The van der Waals surface area contributed by atoms with Crippen molar-refractivity contribution < 1.29 is 12.8 Å². The SMILES string of the molecule is Cc1ccccc1-c1nc(S(=O)(=O)c2ccc(Br)cc2)c(N2CCCCCC2)o1. The molecular weight excluding hydrogens is 452 g/mol. The van der Waals surface area contributed by atoms with Gasteiger partial charge in [-0.15, -0.1) is 0 Å². The van der Waals surface area contributed by atoms with Crippen molar-refractivity contribution in [2.24, 2.45) is 0 Å². The monoisotopic (exact) mass is 474 g/mol. The second-order valence-corrected chi connectivity index (χ2v) is 10.1. The summed E-state index contributed by atoms with van der Waals surface area (Å²) >= 11 is 3.36. The predicted molar refractivity (Wildman–Crippen MR) is 117 cm³/mol. The lowest BCUT2D eigenvalue weighted by atomic mass is 10.1. The molecule has 0 N–H and O–H groups in total. The fourth-order valence-corrected chi connectivity index (χ4v) is 5.19. The van der Waals surface area contributed by atoms with E-state index in [9.17, 15) is 8.42 Å². The molecule has 0 aliphatic carbocycles. The van der Waals surface area contributed by atoms with Crippen LogP contribution in [-0.4, -0.2) is 26.5 Å². The third-order valence-electron chi connectivity index (χ3n) is 5.23. The van der Waals surface area contributed by atoms with Gasteiger partial charge in [-0.3, -0.25) is 0 Å². The topological polar surface area (TPSA) is 63.4 Å². The lowest BCUT2D eigenvalue weighted by Gasteiger charge is -2.20. The van der Waals surface area contributed by atoms with Gasteiger partial charge in [0, 0.05) is 23.1 Å². The van der Waals surface area contributed by atoms with E-state index < -0.39 is 9.84 Å². The number of nitrogens with zero attached hydrogens (tertiary/aromatic N) is 2. The maximum Gasteiger partial charge on any atom is 0.236 e. The molecule has 2 heterocycles. The maximum absolute atomic E-state index is 13.5. The van der Waals surface area contributed by atoms with Crippen LogP contribution >= 0.6 is 15.9 Å². The number of hydrogen-bond acceptors (Lipinski definition) is 5. The molecule has 0 bridgehead atoms. The summed E-state index contributed by atoms with van der Waals surface area (Å²) in [6, 6.07) is 14.3. The molecule has 3 aromatic rings. The van der Waals surface area contributed by atoms with Crippen molar-refractivity contribution in [3.63, 3.8) is 0 Å². The van der Waals surface area contributed by atoms with Crippen LogP contribution in [0.25, 0.3) is 11.5 Å². The van der Waals surface area contributed by atoms with E-state index in [0.717, 1.165) is 54.4 Å². The number of aromatic nitrogens is 1. The van der Waals surface area contributed by atoms with Crippen molar-refractivity contribution in [2.45, 2.75) is 42.5 Å². The number of hydrogen-bond donors (Lipinski definition) is 0. The van der Waals surface area contributed by atoms with Crippen LogP contribution in [0, 0.1) is 6.92 Å². The molecule has 0 unspecified atom stereocenters. The zero-order valence-electron chi connectivity index (χ0n) is 16.3. The Bertz CT molecular complexity index is 1100. The number of anilines is 1. The Labute approximate surface area is 179 Å². The Morgan fingerprint density at radius 3 is 2.28 bits per heavy atom. The Hall–Kier alpha value is -2.12. The summed E-state index contributed by atoms with van der Waals surface area (Å²) in [5.74, 6) is 0.700. The summed E-state index contributed by atoms with van der Waals surface area (Å²) in [4.78, 5) is 6.75. The van der Waals surface area contributed by atoms with Gasteiger partial charge in [0.25, 0.3) is 0 Å². The fraction of sp³-hybridized carbons (Fsp3) is 0.318. The molecule has 4 rings (SSSR count). The first kappa shape index (κ1) is 20.2. The number of halogens is 1. The van der Waals surface area contributed by atoms with Crippen LogP contribution in [0.4, 0.5) is 5.88 Å². The molecule has 1 aliphatic heterocycles. The van der Waals surface area contributed by atoms with Gasteiger partial charge in [-0.1, -0.05) is 47.0 Å². The largest absolute Gasteiger partial charge is 0.419 e. The van der Waals surface area contributed by atoms with Crippen LogP contribution in [0.1, 0.15) is 31.2 Å². The molecule has 7 heteroatoms. The summed E-state index contributed by atoms with van der Waals surface area (Å²) in [7, 11) is -3.82. The Balaban J connectivity index is 1.86. The van der Waals surface area contributed by atoms with Crippen molar-refractivity contribution >= 4 is 31.7 Å². The summed E-state index contributed by atoms with van der Waals surface area (Å²) < 4.78 is 33.9. The van der Waals surface area contributed by atoms with Crippen molar-refractivity contribution in [3.8, 4) is 11.5 Å². The number of aryl methyl sites for hydroxylation is 1. The van der Waals surface area contributed by atoms with E-state index in [1.807, 2.05) is 36.1 Å². The summed E-state index contributed by atoms with van der Waals surface area (Å²) in [5, 5.41) is -0.0000227. The van der Waals surface area contributed by atoms with Gasteiger partial charge in [0.05, 0.1) is 4.90 Å². The van der Waals surface area contributed by atoms with Crippen molar-refractivity contribution in [2.75, 3.05) is 18.0 Å². The molecule has 1 fully saturated rings. The number of oxazole rings is 1. The van der Waals surface area contributed by atoms with E-state index in [4.69, 9.17) is 4.42 Å². The van der Waals surface area contributed by atoms with E-state index in [-0.39, 0.29) is 9.92 Å². The highest BCUT2D eigenvalue weighted by Crippen LogP contribution is 2.36. The number of rotatable bonds is 4. The molecule has 2 aromatic carbocycles. The van der Waals surface area contributed by atoms with Crippen molar-refractivity contribution in [3.05, 3.63) is 58.6 Å². The van der Waals surface area contributed by atoms with Crippen molar-refractivity contribution in [1.82, 2.24) is 4.98 Å². The second-order valence-electron chi connectivity index (χ2n) is 7.30. The zero-order valence-corrected chi connectivity index (χ0v) is 18.7. The molecule has 152 valence electrons. The van der Waals surface area contributed by atoms with Crippen LogP contribution in [-0.2, 0) is 9.84 Å². The highest BCUT2D eigenvalue weighted by Gasteiger charge is 2.32. The smallest absolute Gasteiger partial charge is 0.236 e. The number of sulfone groups is 1. The predicted octanol–water partition coefficient (Wildman–Crippen LogP) is 5.63. The Morgan fingerprint density at radius 1 is 0.966 bits per heavy atom. The van der Waals surface area contributed by atoms with Gasteiger partial charge in [-0.2, -0.15) is 4.98 Å². The number of benzene rings is 2. The van der Waals surface area contributed by atoms with Gasteiger partial charge in [0.1, 0.15) is 0 Å². The second kappa shape index (κ2) is 8.32. The molecular formula is C22H23BrN2O3S. The average molecular weight is 475 g/mol. The molecule has 0 atom stereocenters. The normalized spacial score (nSPS) is 15.3. The highest BCUT2D eigenvalue weighted by atomic mass is 79.9. The fourth-order valence-electron chi connectivity index (χ4n) is 3.60. The van der Waals surface area contributed by atoms with Gasteiger partial charge in [-0.05, 0) is 55.7 Å². The molecule has 29 heavy (non-hydrogen) atoms. The van der Waals surface area contributed by atoms with Crippen LogP contribution < -0.4 is 4.90 Å². The Morgan fingerprint density at radius 2 is 1.62 bits per heavy atom. The van der Waals surface area contributed by atoms with Gasteiger partial charge < -0.3 is 9.32 Å². The minimum absolute atomic E-state index is 0.0000227. The third kappa shape index (κ3) is 4.12. The minimum Gasteiger partial charge on any atom is -0.419 e. The summed E-state index contributed by atoms with van der Waals surface area (Å²) in [5.41, 5.74) is 1.80. The minimum atomic E-state index is -3.82. The van der Waals surface area contributed by atoms with Crippen LogP contribution in [0.15, 0.2) is 67.3 Å². The van der Waals surface area contributed by atoms with Gasteiger partial charge in [-0.25, -0.2) is 8.42 Å². The zero-order chi connectivity index (χ0) is 20.4.